The second kappa shape index (κ2) is 4.66. The Morgan fingerprint density at radius 1 is 1.50 bits per heavy atom. The van der Waals surface area contributed by atoms with E-state index in [9.17, 15) is 0 Å². The second-order valence-electron chi connectivity index (χ2n) is 1.32. The van der Waals surface area contributed by atoms with Gasteiger partial charge in [0.15, 0.2) is 0 Å². The van der Waals surface area contributed by atoms with Crippen LogP contribution in [-0.4, -0.2) is 0 Å². The van der Waals surface area contributed by atoms with Gasteiger partial charge < -0.3 is 0 Å². The highest BCUT2D eigenvalue weighted by Crippen LogP contribution is 2.02. The van der Waals surface area contributed by atoms with Crippen molar-refractivity contribution in [1.29, 1.82) is 0 Å². The lowest BCUT2D eigenvalue weighted by Gasteiger charge is -1.81. The van der Waals surface area contributed by atoms with Crippen LogP contribution in [0.5, 0.6) is 0 Å². The molecule has 8 heavy (non-hydrogen) atoms. The Bertz CT molecular complexity index is 112. The summed E-state index contributed by atoms with van der Waals surface area (Å²) in [4.78, 5) is 0. The van der Waals surface area contributed by atoms with Crippen molar-refractivity contribution in [1.82, 2.24) is 0 Å². The summed E-state index contributed by atoms with van der Waals surface area (Å²) >= 11 is 5.54. The second-order valence-corrected chi connectivity index (χ2v) is 1.75. The maximum Gasteiger partial charge on any atom is 0.0363 e. The summed E-state index contributed by atoms with van der Waals surface area (Å²) in [6.07, 6.45) is 6.04. The molecule has 0 aromatic carbocycles. The summed E-state index contributed by atoms with van der Waals surface area (Å²) in [7, 11) is 0. The Kier molecular flexibility index (Phi) is 4.38. The van der Waals surface area contributed by atoms with Gasteiger partial charge in [-0.25, -0.2) is 0 Å². The first kappa shape index (κ1) is 7.51. The summed E-state index contributed by atoms with van der Waals surface area (Å²) in [5.74, 6) is 0. The van der Waals surface area contributed by atoms with E-state index in [4.69, 9.17) is 11.6 Å². The first-order valence-electron chi connectivity index (χ1n) is 2.40. The van der Waals surface area contributed by atoms with Crippen molar-refractivity contribution < 1.29 is 0 Å². The average molecular weight is 129 g/mol. The molecule has 0 N–H and O–H groups in total. The maximum atomic E-state index is 5.54. The summed E-state index contributed by atoms with van der Waals surface area (Å²) in [5, 5.41) is 0.685. The van der Waals surface area contributed by atoms with Gasteiger partial charge in [-0.15, -0.1) is 6.58 Å². The molecule has 0 bridgehead atoms. The van der Waals surface area contributed by atoms with Gasteiger partial charge in [0.25, 0.3) is 0 Å². The molecule has 0 nitrogen and oxygen atoms in total. The molecule has 44 valence electrons. The Morgan fingerprint density at radius 3 is 2.50 bits per heavy atom. The zero-order valence-electron chi connectivity index (χ0n) is 4.73. The van der Waals surface area contributed by atoms with E-state index in [1.807, 2.05) is 6.08 Å². The van der Waals surface area contributed by atoms with Crippen molar-refractivity contribution in [2.45, 2.75) is 6.42 Å². The lowest BCUT2D eigenvalue weighted by Crippen LogP contribution is -1.59. The van der Waals surface area contributed by atoms with Crippen molar-refractivity contribution in [2.75, 3.05) is 0 Å². The largest absolute Gasteiger partial charge is 0.103 e. The van der Waals surface area contributed by atoms with Gasteiger partial charge in [-0.1, -0.05) is 36.4 Å². The minimum Gasteiger partial charge on any atom is -0.103 e. The van der Waals surface area contributed by atoms with Crippen LogP contribution >= 0.6 is 11.6 Å². The molecule has 0 fully saturated rings. The molecule has 0 aliphatic rings. The van der Waals surface area contributed by atoms with Crippen LogP contribution in [0.25, 0.3) is 0 Å². The van der Waals surface area contributed by atoms with Crippen LogP contribution in [0.3, 0.4) is 0 Å². The standard InChI is InChI=1S/C7H9Cl/c1-3-5-6-7(8)4-2/h3-4,6H,1-2,5H2/b7-6+. The van der Waals surface area contributed by atoms with Crippen LogP contribution in [0.2, 0.25) is 0 Å². The van der Waals surface area contributed by atoms with Gasteiger partial charge in [-0.3, -0.25) is 0 Å². The lowest BCUT2D eigenvalue weighted by atomic mass is 10.4. The molecule has 0 rings (SSSR count). The molecule has 0 atom stereocenters. The fraction of sp³-hybridized carbons (Fsp3) is 0.143. The van der Waals surface area contributed by atoms with Crippen LogP contribution in [-0.2, 0) is 0 Å². The molecule has 0 heterocycles. The summed E-state index contributed by atoms with van der Waals surface area (Å²) in [6, 6.07) is 0. The molecule has 0 amide bonds. The maximum absolute atomic E-state index is 5.54. The molecule has 1 heteroatoms. The van der Waals surface area contributed by atoms with Gasteiger partial charge in [0.05, 0.1) is 0 Å². The van der Waals surface area contributed by atoms with Crippen LogP contribution < -0.4 is 0 Å². The van der Waals surface area contributed by atoms with E-state index in [-0.39, 0.29) is 0 Å². The van der Waals surface area contributed by atoms with Crippen LogP contribution in [0.1, 0.15) is 6.42 Å². The number of allylic oxidation sites excluding steroid dienone is 4. The minimum absolute atomic E-state index is 0.685. The van der Waals surface area contributed by atoms with Gasteiger partial charge in [-0.05, 0) is 6.42 Å². The Hall–Kier alpha value is -0.490. The van der Waals surface area contributed by atoms with Crippen molar-refractivity contribution in [3.05, 3.63) is 36.4 Å². The predicted octanol–water partition coefficient (Wildman–Crippen LogP) is 2.87. The summed E-state index contributed by atoms with van der Waals surface area (Å²) in [5.41, 5.74) is 0. The van der Waals surface area contributed by atoms with Crippen LogP contribution in [0, 0.1) is 0 Å². The van der Waals surface area contributed by atoms with Crippen LogP contribution in [0.4, 0.5) is 0 Å². The molecule has 0 unspecified atom stereocenters. The van der Waals surface area contributed by atoms with E-state index < -0.39 is 0 Å². The molecule has 0 aromatic heterocycles. The first-order valence-corrected chi connectivity index (χ1v) is 2.78. The van der Waals surface area contributed by atoms with E-state index in [1.54, 1.807) is 12.2 Å². The highest BCUT2D eigenvalue weighted by molar-refractivity contribution is 6.31. The van der Waals surface area contributed by atoms with E-state index in [0.29, 0.717) is 5.03 Å². The Morgan fingerprint density at radius 2 is 2.12 bits per heavy atom. The van der Waals surface area contributed by atoms with Gasteiger partial charge in [-0.2, -0.15) is 0 Å². The van der Waals surface area contributed by atoms with E-state index in [1.165, 1.54) is 0 Å². The van der Waals surface area contributed by atoms with Gasteiger partial charge >= 0.3 is 0 Å². The first-order chi connectivity index (χ1) is 3.81. The number of halogens is 1. The SMILES string of the molecule is C=CC/C=C(/Cl)C=C. The molecule has 0 aromatic rings. The number of hydrogen-bond donors (Lipinski definition) is 0. The Balaban J connectivity index is 3.56. The zero-order valence-corrected chi connectivity index (χ0v) is 5.49. The fourth-order valence-electron chi connectivity index (χ4n) is 0.279. The third kappa shape index (κ3) is 3.69. The molecule has 0 saturated heterocycles. The third-order valence-corrected chi connectivity index (χ3v) is 0.983. The normalized spacial score (nSPS) is 10.9. The van der Waals surface area contributed by atoms with Crippen molar-refractivity contribution in [3.63, 3.8) is 0 Å². The van der Waals surface area contributed by atoms with Gasteiger partial charge in [0, 0.05) is 5.03 Å². The molecule has 0 radical (unpaired) electrons. The monoisotopic (exact) mass is 128 g/mol. The highest BCUT2D eigenvalue weighted by Gasteiger charge is 1.76. The Labute approximate surface area is 55.2 Å². The molecule has 0 aliphatic carbocycles. The fourth-order valence-corrected chi connectivity index (χ4v) is 0.368. The smallest absolute Gasteiger partial charge is 0.0363 e. The summed E-state index contributed by atoms with van der Waals surface area (Å²) < 4.78 is 0. The van der Waals surface area contributed by atoms with E-state index >= 15 is 0 Å². The molecular formula is C7H9Cl. The van der Waals surface area contributed by atoms with Crippen molar-refractivity contribution >= 4 is 11.6 Å². The van der Waals surface area contributed by atoms with E-state index in [0.717, 1.165) is 6.42 Å². The van der Waals surface area contributed by atoms with Crippen LogP contribution in [0.15, 0.2) is 36.4 Å². The highest BCUT2D eigenvalue weighted by atomic mass is 35.5. The molecule has 0 aliphatic heterocycles. The lowest BCUT2D eigenvalue weighted by molar-refractivity contribution is 1.40. The predicted molar refractivity (Wildman–Crippen MR) is 38.9 cm³/mol. The van der Waals surface area contributed by atoms with Gasteiger partial charge in [0.1, 0.15) is 0 Å². The van der Waals surface area contributed by atoms with Crippen molar-refractivity contribution in [3.8, 4) is 0 Å². The number of hydrogen-bond acceptors (Lipinski definition) is 0. The number of rotatable bonds is 3. The van der Waals surface area contributed by atoms with E-state index in [2.05, 4.69) is 13.2 Å². The quantitative estimate of drug-likeness (QED) is 0.405. The minimum atomic E-state index is 0.685. The van der Waals surface area contributed by atoms with Crippen molar-refractivity contribution in [2.24, 2.45) is 0 Å². The molecule has 0 spiro atoms. The summed E-state index contributed by atoms with van der Waals surface area (Å²) in [6.45, 7) is 7.01. The zero-order chi connectivity index (χ0) is 6.41. The molecule has 0 saturated carbocycles. The third-order valence-electron chi connectivity index (χ3n) is 0.675. The average Bonchev–Trinajstić information content (AvgIpc) is 1.83. The van der Waals surface area contributed by atoms with Gasteiger partial charge in [0.2, 0.25) is 0 Å². The topological polar surface area (TPSA) is 0 Å². The molecular weight excluding hydrogens is 120 g/mol.